The van der Waals surface area contributed by atoms with Gasteiger partial charge in [0, 0.05) is 32.5 Å². The Morgan fingerprint density at radius 2 is 1.50 bits per heavy atom. The molecule has 1 atom stereocenters. The van der Waals surface area contributed by atoms with Gasteiger partial charge in [0.05, 0.1) is 11.9 Å². The van der Waals surface area contributed by atoms with Gasteiger partial charge >= 0.3 is 0 Å². The van der Waals surface area contributed by atoms with E-state index < -0.39 is 16.1 Å². The molecule has 2 amide bonds. The quantitative estimate of drug-likeness (QED) is 0.229. The van der Waals surface area contributed by atoms with Crippen LogP contribution < -0.4 is 9.62 Å². The minimum atomic E-state index is -3.56. The number of rotatable bonds is 15. The van der Waals surface area contributed by atoms with Crippen molar-refractivity contribution < 1.29 is 18.0 Å². The summed E-state index contributed by atoms with van der Waals surface area (Å²) in [6, 6.07) is 22.7. The lowest BCUT2D eigenvalue weighted by Gasteiger charge is -2.32. The molecule has 8 heteroatoms. The van der Waals surface area contributed by atoms with E-state index in [0.29, 0.717) is 25.1 Å². The fourth-order valence-electron chi connectivity index (χ4n) is 5.17. The molecule has 0 unspecified atom stereocenters. The first-order chi connectivity index (χ1) is 20.0. The topological polar surface area (TPSA) is 86.8 Å². The van der Waals surface area contributed by atoms with E-state index in [1.807, 2.05) is 93.6 Å². The molecule has 0 heterocycles. The summed E-state index contributed by atoms with van der Waals surface area (Å²) in [7, 11) is -3.56. The second-order valence-electron chi connectivity index (χ2n) is 11.1. The zero-order valence-electron chi connectivity index (χ0n) is 25.6. The Kier molecular flexibility index (Phi) is 12.2. The Labute approximate surface area is 252 Å². The summed E-state index contributed by atoms with van der Waals surface area (Å²) < 4.78 is 26.8. The third-order valence-corrected chi connectivity index (χ3v) is 8.38. The maximum absolute atomic E-state index is 14.0. The van der Waals surface area contributed by atoms with Crippen LogP contribution in [0.25, 0.3) is 0 Å². The Hall–Kier alpha value is -3.65. The van der Waals surface area contributed by atoms with E-state index in [9.17, 15) is 18.0 Å². The minimum absolute atomic E-state index is 0.107. The van der Waals surface area contributed by atoms with E-state index in [-0.39, 0.29) is 31.3 Å². The fraction of sp³-hybridized carbons (Fsp3) is 0.412. The van der Waals surface area contributed by atoms with Crippen LogP contribution in [-0.4, -0.2) is 50.5 Å². The van der Waals surface area contributed by atoms with E-state index in [1.165, 1.54) is 10.6 Å². The highest BCUT2D eigenvalue weighted by Crippen LogP contribution is 2.23. The number of amides is 2. The van der Waals surface area contributed by atoms with Crippen molar-refractivity contribution in [3.05, 3.63) is 101 Å². The number of hydrogen-bond donors (Lipinski definition) is 1. The molecule has 3 aromatic carbocycles. The molecule has 0 aliphatic heterocycles. The molecule has 0 bridgehead atoms. The predicted molar refractivity (Wildman–Crippen MR) is 171 cm³/mol. The van der Waals surface area contributed by atoms with Gasteiger partial charge < -0.3 is 10.2 Å². The van der Waals surface area contributed by atoms with Crippen LogP contribution in [-0.2, 0) is 32.6 Å². The zero-order chi connectivity index (χ0) is 30.7. The molecule has 0 aromatic heterocycles. The monoisotopic (exact) mass is 591 g/mol. The number of carbonyl (C=O) groups excluding carboxylic acids is 2. The van der Waals surface area contributed by atoms with Gasteiger partial charge in [0.2, 0.25) is 21.8 Å². The second kappa shape index (κ2) is 15.5. The van der Waals surface area contributed by atoms with Crippen molar-refractivity contribution in [2.45, 2.75) is 72.4 Å². The van der Waals surface area contributed by atoms with Crippen LogP contribution >= 0.6 is 0 Å². The van der Waals surface area contributed by atoms with Crippen molar-refractivity contribution >= 4 is 27.5 Å². The summed E-state index contributed by atoms with van der Waals surface area (Å²) in [6.07, 6.45) is 3.80. The van der Waals surface area contributed by atoms with Gasteiger partial charge in [-0.25, -0.2) is 8.42 Å². The van der Waals surface area contributed by atoms with Gasteiger partial charge in [-0.1, -0.05) is 79.6 Å². The highest BCUT2D eigenvalue weighted by molar-refractivity contribution is 7.92. The average molecular weight is 592 g/mol. The molecule has 0 saturated carbocycles. The maximum atomic E-state index is 14.0. The molecular formula is C34H45N3O4S. The number of nitrogens with zero attached hydrogens (tertiary/aromatic N) is 2. The molecule has 0 saturated heterocycles. The van der Waals surface area contributed by atoms with Crippen molar-refractivity contribution in [3.63, 3.8) is 0 Å². The molecule has 3 aromatic rings. The van der Waals surface area contributed by atoms with Crippen LogP contribution in [0.2, 0.25) is 0 Å². The summed E-state index contributed by atoms with van der Waals surface area (Å²) in [5, 5.41) is 3.04. The molecule has 0 spiro atoms. The van der Waals surface area contributed by atoms with Gasteiger partial charge in [0.15, 0.2) is 0 Å². The highest BCUT2D eigenvalue weighted by Gasteiger charge is 2.30. The SMILES string of the molecule is CCCCNC(=O)[C@H](Cc1ccccc1)N(Cc1cccc(C)c1)C(=O)CCCN(c1cc(C)cc(C)c1)S(C)(=O)=O. The van der Waals surface area contributed by atoms with E-state index in [1.54, 1.807) is 4.90 Å². The van der Waals surface area contributed by atoms with Crippen molar-refractivity contribution in [3.8, 4) is 0 Å². The number of unbranched alkanes of at least 4 members (excludes halogenated alkanes) is 1. The Balaban J connectivity index is 1.88. The molecule has 7 nitrogen and oxygen atoms in total. The molecule has 42 heavy (non-hydrogen) atoms. The van der Waals surface area contributed by atoms with Crippen LogP contribution in [0.1, 0.15) is 60.4 Å². The first kappa shape index (κ1) is 32.9. The first-order valence-corrected chi connectivity index (χ1v) is 16.6. The molecule has 0 radical (unpaired) electrons. The normalized spacial score (nSPS) is 12.0. The fourth-order valence-corrected chi connectivity index (χ4v) is 6.11. The van der Waals surface area contributed by atoms with E-state index in [4.69, 9.17) is 0 Å². The number of sulfonamides is 1. The molecule has 1 N–H and O–H groups in total. The molecule has 0 aliphatic carbocycles. The molecular weight excluding hydrogens is 546 g/mol. The number of carbonyl (C=O) groups is 2. The number of nitrogens with one attached hydrogen (secondary N) is 1. The number of hydrogen-bond acceptors (Lipinski definition) is 4. The summed E-state index contributed by atoms with van der Waals surface area (Å²) in [6.45, 7) is 8.93. The first-order valence-electron chi connectivity index (χ1n) is 14.7. The summed E-state index contributed by atoms with van der Waals surface area (Å²) >= 11 is 0. The van der Waals surface area contributed by atoms with Crippen molar-refractivity contribution in [1.29, 1.82) is 0 Å². The van der Waals surface area contributed by atoms with Crippen LogP contribution in [0.15, 0.2) is 72.8 Å². The minimum Gasteiger partial charge on any atom is -0.354 e. The van der Waals surface area contributed by atoms with Crippen molar-refractivity contribution in [2.24, 2.45) is 0 Å². The number of benzene rings is 3. The summed E-state index contributed by atoms with van der Waals surface area (Å²) in [5.41, 5.74) is 5.51. The van der Waals surface area contributed by atoms with Crippen LogP contribution in [0.4, 0.5) is 5.69 Å². The van der Waals surface area contributed by atoms with Gasteiger partial charge in [-0.3, -0.25) is 13.9 Å². The van der Waals surface area contributed by atoms with Gasteiger partial charge in [0.25, 0.3) is 0 Å². The predicted octanol–water partition coefficient (Wildman–Crippen LogP) is 5.71. The average Bonchev–Trinajstić information content (AvgIpc) is 2.92. The molecule has 3 rings (SSSR count). The van der Waals surface area contributed by atoms with E-state index in [2.05, 4.69) is 12.2 Å². The molecule has 0 fully saturated rings. The maximum Gasteiger partial charge on any atom is 0.243 e. The van der Waals surface area contributed by atoms with Gasteiger partial charge in [-0.2, -0.15) is 0 Å². The highest BCUT2D eigenvalue weighted by atomic mass is 32.2. The number of anilines is 1. The third-order valence-electron chi connectivity index (χ3n) is 7.18. The van der Waals surface area contributed by atoms with Gasteiger partial charge in [-0.05, 0) is 68.0 Å². The second-order valence-corrected chi connectivity index (χ2v) is 13.1. The summed E-state index contributed by atoms with van der Waals surface area (Å²) in [4.78, 5) is 29.2. The Morgan fingerprint density at radius 1 is 0.833 bits per heavy atom. The Bertz CT molecular complexity index is 1420. The van der Waals surface area contributed by atoms with Gasteiger partial charge in [-0.15, -0.1) is 0 Å². The smallest absolute Gasteiger partial charge is 0.243 e. The number of aryl methyl sites for hydroxylation is 3. The zero-order valence-corrected chi connectivity index (χ0v) is 26.4. The van der Waals surface area contributed by atoms with Crippen LogP contribution in [0, 0.1) is 20.8 Å². The van der Waals surface area contributed by atoms with E-state index in [0.717, 1.165) is 40.7 Å². The lowest BCUT2D eigenvalue weighted by atomic mass is 10.0. The molecule has 0 aliphatic rings. The Morgan fingerprint density at radius 3 is 2.12 bits per heavy atom. The largest absolute Gasteiger partial charge is 0.354 e. The van der Waals surface area contributed by atoms with Crippen LogP contribution in [0.5, 0.6) is 0 Å². The lowest BCUT2D eigenvalue weighted by molar-refractivity contribution is -0.141. The molecule has 226 valence electrons. The standard InChI is InChI=1S/C34H45N3O4S/c1-6-7-18-35-34(39)32(24-29-14-9-8-10-15-29)36(25-30-16-11-13-26(2)21-30)33(38)17-12-19-37(42(5,40)41)31-22-27(3)20-28(4)23-31/h8-11,13-16,20-23,32H,6-7,12,17-19,24-25H2,1-5H3,(H,35,39)/t32-/m0/s1. The third kappa shape index (κ3) is 10.0. The van der Waals surface area contributed by atoms with Crippen LogP contribution in [0.3, 0.4) is 0 Å². The van der Waals surface area contributed by atoms with E-state index >= 15 is 0 Å². The van der Waals surface area contributed by atoms with Crippen molar-refractivity contribution in [2.75, 3.05) is 23.7 Å². The summed E-state index contributed by atoms with van der Waals surface area (Å²) in [5.74, 6) is -0.363. The van der Waals surface area contributed by atoms with Gasteiger partial charge in [0.1, 0.15) is 6.04 Å². The lowest BCUT2D eigenvalue weighted by Crippen LogP contribution is -2.50. The van der Waals surface area contributed by atoms with Crippen molar-refractivity contribution in [1.82, 2.24) is 10.2 Å².